The molecule has 0 aliphatic carbocycles. The van der Waals surface area contributed by atoms with Gasteiger partial charge in [-0.15, -0.1) is 0 Å². The molecule has 0 radical (unpaired) electrons. The Kier molecular flexibility index (Phi) is 8.48. The van der Waals surface area contributed by atoms with Crippen LogP contribution in [0.3, 0.4) is 0 Å². The van der Waals surface area contributed by atoms with E-state index in [1.54, 1.807) is 38.5 Å². The maximum absolute atomic E-state index is 12.4. The van der Waals surface area contributed by atoms with Crippen molar-refractivity contribution in [3.8, 4) is 28.5 Å². The molecule has 0 aliphatic heterocycles. The summed E-state index contributed by atoms with van der Waals surface area (Å²) >= 11 is 0. The number of benzene rings is 2. The number of hydrogen-bond donors (Lipinski definition) is 2. The number of anilines is 1. The van der Waals surface area contributed by atoms with Crippen molar-refractivity contribution in [1.82, 2.24) is 4.98 Å². The second kappa shape index (κ2) is 11.1. The van der Waals surface area contributed by atoms with Gasteiger partial charge in [-0.25, -0.2) is 13.8 Å². The van der Waals surface area contributed by atoms with Gasteiger partial charge in [0.2, 0.25) is 6.43 Å². The van der Waals surface area contributed by atoms with Gasteiger partial charge in [0.25, 0.3) is 0 Å². The molecule has 1 aromatic heterocycles. The van der Waals surface area contributed by atoms with Gasteiger partial charge in [-0.3, -0.25) is 5.43 Å². The highest BCUT2D eigenvalue weighted by molar-refractivity contribution is 6.00. The Morgan fingerprint density at radius 3 is 2.13 bits per heavy atom. The third kappa shape index (κ3) is 5.78. The summed E-state index contributed by atoms with van der Waals surface area (Å²) in [5.74, 6) is 1.72. The fraction of sp³-hybridized carbons (Fsp3) is 0.273. The van der Waals surface area contributed by atoms with Gasteiger partial charge in [-0.2, -0.15) is 9.49 Å². The van der Waals surface area contributed by atoms with E-state index in [2.05, 4.69) is 15.5 Å². The molecule has 0 unspecified atom stereocenters. The van der Waals surface area contributed by atoms with E-state index in [1.807, 2.05) is 19.1 Å². The van der Waals surface area contributed by atoms with Gasteiger partial charge < -0.3 is 14.6 Å². The first-order valence-electron chi connectivity index (χ1n) is 9.37. The molecule has 0 atom stereocenters. The Morgan fingerprint density at radius 1 is 1.10 bits per heavy atom. The third-order valence-corrected chi connectivity index (χ3v) is 4.43. The number of hydrazone groups is 1. The summed E-state index contributed by atoms with van der Waals surface area (Å²) in [7, 11) is 3.13. The summed E-state index contributed by atoms with van der Waals surface area (Å²) < 4.78 is 44.7. The lowest BCUT2D eigenvalue weighted by molar-refractivity contribution is 0.144. The van der Waals surface area contributed by atoms with Crippen LogP contribution in [0.4, 0.5) is 19.0 Å². The van der Waals surface area contributed by atoms with E-state index in [0.29, 0.717) is 23.0 Å². The second-order valence-corrected chi connectivity index (χ2v) is 6.37. The molecule has 0 fully saturated rings. The lowest BCUT2D eigenvalue weighted by atomic mass is 9.99. The maximum atomic E-state index is 12.4. The monoisotopic (exact) mass is 435 g/mol. The Bertz CT molecular complexity index is 1040. The van der Waals surface area contributed by atoms with Gasteiger partial charge in [0.1, 0.15) is 5.75 Å². The number of aromatic nitrogens is 1. The van der Waals surface area contributed by atoms with Crippen LogP contribution in [0.15, 0.2) is 41.5 Å². The number of fused-ring (bicyclic) bond motifs is 1. The molecule has 9 heteroatoms. The average molecular weight is 435 g/mol. The highest BCUT2D eigenvalue weighted by Gasteiger charge is 2.16. The number of rotatable bonds is 6. The van der Waals surface area contributed by atoms with Crippen molar-refractivity contribution >= 4 is 23.1 Å². The van der Waals surface area contributed by atoms with Crippen LogP contribution < -0.4 is 14.9 Å². The van der Waals surface area contributed by atoms with Gasteiger partial charge in [0.15, 0.2) is 23.8 Å². The van der Waals surface area contributed by atoms with Crippen LogP contribution in [-0.2, 0) is 0 Å². The lowest BCUT2D eigenvalue weighted by Gasteiger charge is -2.16. The van der Waals surface area contributed by atoms with E-state index in [0.717, 1.165) is 21.9 Å². The summed E-state index contributed by atoms with van der Waals surface area (Å²) in [6, 6.07) is 10.4. The summed E-state index contributed by atoms with van der Waals surface area (Å²) in [5, 5.41) is 14.7. The molecule has 31 heavy (non-hydrogen) atoms. The van der Waals surface area contributed by atoms with Gasteiger partial charge in [-0.1, -0.05) is 6.92 Å². The first kappa shape index (κ1) is 23.8. The van der Waals surface area contributed by atoms with Crippen LogP contribution in [0.5, 0.6) is 17.2 Å². The first-order chi connectivity index (χ1) is 14.9. The van der Waals surface area contributed by atoms with Gasteiger partial charge >= 0.3 is 0 Å². The molecule has 2 N–H and O–H groups in total. The normalized spacial score (nSPS) is 10.8. The second-order valence-electron chi connectivity index (χ2n) is 6.37. The Morgan fingerprint density at radius 2 is 1.65 bits per heavy atom. The molecule has 3 aromatic rings. The fourth-order valence-electron chi connectivity index (χ4n) is 2.80. The minimum absolute atomic E-state index is 0.0278. The van der Waals surface area contributed by atoms with E-state index < -0.39 is 6.43 Å². The number of aryl methyl sites for hydroxylation is 1. The molecule has 166 valence electrons. The van der Waals surface area contributed by atoms with Crippen molar-refractivity contribution in [3.05, 3.63) is 42.0 Å². The zero-order chi connectivity index (χ0) is 23.0. The highest BCUT2D eigenvalue weighted by Crippen LogP contribution is 2.39. The van der Waals surface area contributed by atoms with Crippen LogP contribution in [0.2, 0.25) is 0 Å². The molecule has 0 saturated carbocycles. The number of phenolic OH excluding ortho intramolecular Hbond substituents is 1. The molecule has 1 heterocycles. The van der Waals surface area contributed by atoms with Crippen molar-refractivity contribution in [1.29, 1.82) is 0 Å². The highest BCUT2D eigenvalue weighted by atomic mass is 19.3. The van der Waals surface area contributed by atoms with Crippen LogP contribution in [0.25, 0.3) is 22.0 Å². The number of halogens is 3. The number of hydrogen-bond acceptors (Lipinski definition) is 6. The van der Waals surface area contributed by atoms with E-state index >= 15 is 0 Å². The molecule has 0 amide bonds. The minimum Gasteiger partial charge on any atom is -0.508 e. The molecule has 0 aliphatic rings. The van der Waals surface area contributed by atoms with Gasteiger partial charge in [-0.05, 0) is 48.7 Å². The Balaban J connectivity index is 0.000000614. The van der Waals surface area contributed by atoms with Crippen molar-refractivity contribution < 1.29 is 27.8 Å². The zero-order valence-electron chi connectivity index (χ0n) is 17.6. The number of phenols is 1. The third-order valence-electron chi connectivity index (χ3n) is 4.43. The average Bonchev–Trinajstić information content (AvgIpc) is 2.79. The SMILES string of the molecule is CCC(F)F.COc1cc2c(-c3ccc(O)cc3)nc(N/N=C/F)c(C)c2cc1OC. The summed E-state index contributed by atoms with van der Waals surface area (Å²) in [5.41, 5.74) is 4.82. The summed E-state index contributed by atoms with van der Waals surface area (Å²) in [4.78, 5) is 4.60. The number of ether oxygens (including phenoxy) is 2. The Labute approximate surface area is 178 Å². The summed E-state index contributed by atoms with van der Waals surface area (Å²) in [6.45, 7) is 3.47. The standard InChI is InChI=1S/C19H18FN3O3.C3H6F2/c1-11-14-8-16(25-2)17(26-3)9-15(14)18(22-19(11)23-21-10-20)12-4-6-13(24)7-5-12;1-2-3(4)5/h4-10,24H,1-3H3,(H,22,23);3H,2H2,1H3/b21-10+;. The van der Waals surface area contributed by atoms with Gasteiger partial charge in [0.05, 0.1) is 19.9 Å². The van der Waals surface area contributed by atoms with E-state index in [1.165, 1.54) is 6.92 Å². The molecule has 6 nitrogen and oxygen atoms in total. The number of nitrogens with zero attached hydrogens (tertiary/aromatic N) is 2. The van der Waals surface area contributed by atoms with Crippen molar-refractivity contribution in [3.63, 3.8) is 0 Å². The number of methoxy groups -OCH3 is 2. The van der Waals surface area contributed by atoms with E-state index in [9.17, 15) is 18.3 Å². The largest absolute Gasteiger partial charge is 0.508 e. The molecular formula is C22H24F3N3O3. The number of pyridine rings is 1. The van der Waals surface area contributed by atoms with E-state index in [-0.39, 0.29) is 18.6 Å². The smallest absolute Gasteiger partial charge is 0.238 e. The van der Waals surface area contributed by atoms with Crippen molar-refractivity contribution in [2.75, 3.05) is 19.6 Å². The molecule has 0 bridgehead atoms. The topological polar surface area (TPSA) is 76.0 Å². The van der Waals surface area contributed by atoms with E-state index in [4.69, 9.17) is 9.47 Å². The number of nitrogens with one attached hydrogen (secondary N) is 1. The minimum atomic E-state index is -2.12. The molecule has 3 rings (SSSR count). The zero-order valence-corrected chi connectivity index (χ0v) is 17.6. The quantitative estimate of drug-likeness (QED) is 0.371. The lowest BCUT2D eigenvalue weighted by Crippen LogP contribution is -2.00. The fourth-order valence-corrected chi connectivity index (χ4v) is 2.80. The van der Waals surface area contributed by atoms with Crippen LogP contribution in [0.1, 0.15) is 18.9 Å². The molecular weight excluding hydrogens is 411 g/mol. The number of aromatic hydroxyl groups is 1. The van der Waals surface area contributed by atoms with Crippen LogP contribution in [0, 0.1) is 6.92 Å². The molecule has 0 spiro atoms. The Hall–Kier alpha value is -3.49. The molecule has 0 saturated heterocycles. The summed E-state index contributed by atoms with van der Waals surface area (Å²) in [6.07, 6.45) is -2.14. The predicted molar refractivity (Wildman–Crippen MR) is 116 cm³/mol. The van der Waals surface area contributed by atoms with Gasteiger partial charge in [0, 0.05) is 22.9 Å². The first-order valence-corrected chi connectivity index (χ1v) is 9.37. The van der Waals surface area contributed by atoms with Crippen molar-refractivity contribution in [2.45, 2.75) is 26.7 Å². The van der Waals surface area contributed by atoms with Crippen LogP contribution >= 0.6 is 0 Å². The molecule has 2 aromatic carbocycles. The van der Waals surface area contributed by atoms with Crippen molar-refractivity contribution in [2.24, 2.45) is 5.10 Å². The van der Waals surface area contributed by atoms with Crippen LogP contribution in [-0.4, -0.2) is 37.2 Å². The predicted octanol–water partition coefficient (Wildman–Crippen LogP) is 5.92. The maximum Gasteiger partial charge on any atom is 0.238 e. The number of alkyl halides is 2.